The number of hydrogen-bond acceptors (Lipinski definition) is 10. The van der Waals surface area contributed by atoms with E-state index in [1.165, 1.54) is 6.92 Å². The molecule has 0 bridgehead atoms. The van der Waals surface area contributed by atoms with Gasteiger partial charge in [-0.3, -0.25) is 24.0 Å². The lowest BCUT2D eigenvalue weighted by atomic mass is 9.86. The van der Waals surface area contributed by atoms with Crippen LogP contribution in [0.25, 0.3) is 0 Å². The lowest BCUT2D eigenvalue weighted by Crippen LogP contribution is -2.33. The number of nitrogens with one attached hydrogen (secondary N) is 3. The van der Waals surface area contributed by atoms with Crippen molar-refractivity contribution in [3.63, 3.8) is 0 Å². The summed E-state index contributed by atoms with van der Waals surface area (Å²) in [5, 5.41) is 9.32. The van der Waals surface area contributed by atoms with E-state index in [4.69, 9.17) is 14.2 Å². The van der Waals surface area contributed by atoms with Crippen molar-refractivity contribution in [1.29, 1.82) is 0 Å². The fourth-order valence-electron chi connectivity index (χ4n) is 7.55. The molecule has 2 atom stereocenters. The number of carbonyl (C=O) groups excluding carboxylic acids is 5. The minimum atomic E-state index is -0.396. The van der Waals surface area contributed by atoms with Crippen LogP contribution in [0.1, 0.15) is 143 Å². The number of anilines is 3. The number of aromatic nitrogens is 1. The van der Waals surface area contributed by atoms with Crippen molar-refractivity contribution in [3.05, 3.63) is 42.0 Å². The van der Waals surface area contributed by atoms with Crippen LogP contribution in [0.2, 0.25) is 0 Å². The van der Waals surface area contributed by atoms with E-state index in [1.54, 1.807) is 24.3 Å². The highest BCUT2D eigenvalue weighted by Gasteiger charge is 2.32. The molecule has 2 saturated carbocycles. The van der Waals surface area contributed by atoms with Crippen molar-refractivity contribution < 1.29 is 38.2 Å². The Labute approximate surface area is 333 Å². The van der Waals surface area contributed by atoms with Gasteiger partial charge in [0.15, 0.2) is 0 Å². The number of unbranched alkanes of at least 4 members (excludes halogenated alkanes) is 2. The number of ether oxygens (including phenoxy) is 3. The van der Waals surface area contributed by atoms with Gasteiger partial charge < -0.3 is 30.2 Å². The molecule has 2 amide bonds. The number of carbonyl (C=O) groups is 5. The van der Waals surface area contributed by atoms with Gasteiger partial charge in [-0.05, 0) is 94.7 Å². The van der Waals surface area contributed by atoms with E-state index in [2.05, 4.69) is 34.8 Å². The van der Waals surface area contributed by atoms with E-state index in [9.17, 15) is 24.0 Å². The molecule has 12 heteroatoms. The first-order valence-electron chi connectivity index (χ1n) is 21.1. The summed E-state index contributed by atoms with van der Waals surface area (Å²) in [6, 6.07) is 10.5. The molecule has 1 aromatic carbocycles. The summed E-state index contributed by atoms with van der Waals surface area (Å²) in [5.74, 6) is -0.397. The first-order valence-corrected chi connectivity index (χ1v) is 21.1. The largest absolute Gasteiger partial charge is 0.462 e. The van der Waals surface area contributed by atoms with E-state index < -0.39 is 5.97 Å². The number of pyridine rings is 1. The van der Waals surface area contributed by atoms with Crippen LogP contribution in [-0.4, -0.2) is 46.9 Å². The van der Waals surface area contributed by atoms with Crippen molar-refractivity contribution in [2.45, 2.75) is 156 Å². The SMILES string of the molecule is CCCCC(CC)C(=O)OC1CCC(C(=O)Nc2cc(NCc3ccc(OC(C)=O)cc3)nc(NC(=O)C3CCC(OC(=O)C(CC)CCCC)CC3)c2)CC1. The minimum Gasteiger partial charge on any atom is -0.462 e. The van der Waals surface area contributed by atoms with Crippen LogP contribution >= 0.6 is 0 Å². The van der Waals surface area contributed by atoms with Crippen molar-refractivity contribution >= 4 is 47.0 Å². The molecule has 0 radical (unpaired) electrons. The van der Waals surface area contributed by atoms with E-state index in [0.29, 0.717) is 81.0 Å². The van der Waals surface area contributed by atoms with E-state index in [1.807, 2.05) is 26.0 Å². The van der Waals surface area contributed by atoms with Gasteiger partial charge in [-0.25, -0.2) is 4.98 Å². The topological polar surface area (TPSA) is 162 Å². The Hall–Kier alpha value is -4.48. The average molecular weight is 777 g/mol. The van der Waals surface area contributed by atoms with Crippen LogP contribution in [0.5, 0.6) is 5.75 Å². The average Bonchev–Trinajstić information content (AvgIpc) is 3.18. The van der Waals surface area contributed by atoms with Crippen LogP contribution in [-0.2, 0) is 40.0 Å². The normalized spacial score (nSPS) is 20.5. The smallest absolute Gasteiger partial charge is 0.309 e. The zero-order chi connectivity index (χ0) is 40.5. The molecular weight excluding hydrogens is 713 g/mol. The third kappa shape index (κ3) is 14.2. The van der Waals surface area contributed by atoms with Gasteiger partial charge in [-0.15, -0.1) is 0 Å². The van der Waals surface area contributed by atoms with Gasteiger partial charge in [0.25, 0.3) is 0 Å². The number of benzene rings is 1. The standard InChI is InChI=1S/C44H64N4O8/c1-6-10-12-31(8-3)43(52)55-37-22-16-33(17-23-37)41(50)46-35-26-39(45-28-30-14-20-36(21-15-30)54-29(5)49)47-40(27-35)48-42(51)34-18-24-38(25-19-34)56-44(53)32(9-4)13-11-7-2/h14-15,20-21,26-27,31-34,37-38H,6-13,16-19,22-25,28H2,1-5H3,(H3,45,46,47,48,50,51). The van der Waals surface area contributed by atoms with Gasteiger partial charge in [0.2, 0.25) is 11.8 Å². The van der Waals surface area contributed by atoms with Gasteiger partial charge in [-0.1, -0.05) is 65.5 Å². The Morgan fingerprint density at radius 3 is 1.62 bits per heavy atom. The lowest BCUT2D eigenvalue weighted by molar-refractivity contribution is -0.157. The molecule has 308 valence electrons. The highest BCUT2D eigenvalue weighted by Crippen LogP contribution is 2.32. The van der Waals surface area contributed by atoms with Crippen LogP contribution in [0, 0.1) is 23.7 Å². The van der Waals surface area contributed by atoms with Crippen LogP contribution in [0.3, 0.4) is 0 Å². The summed E-state index contributed by atoms with van der Waals surface area (Å²) in [4.78, 5) is 68.6. The fraction of sp³-hybridized carbons (Fsp3) is 0.636. The van der Waals surface area contributed by atoms with Gasteiger partial charge in [0.1, 0.15) is 29.6 Å². The number of esters is 3. The Bertz CT molecular complexity index is 1500. The Morgan fingerprint density at radius 2 is 1.16 bits per heavy atom. The maximum atomic E-state index is 13.6. The van der Waals surface area contributed by atoms with Crippen LogP contribution in [0.15, 0.2) is 36.4 Å². The summed E-state index contributed by atoms with van der Waals surface area (Å²) < 4.78 is 16.9. The molecule has 2 fully saturated rings. The van der Waals surface area contributed by atoms with Gasteiger partial charge >= 0.3 is 17.9 Å². The molecular formula is C44H64N4O8. The molecule has 2 unspecified atom stereocenters. The summed E-state index contributed by atoms with van der Waals surface area (Å²) in [5.41, 5.74) is 1.40. The zero-order valence-corrected chi connectivity index (χ0v) is 34.2. The second-order valence-corrected chi connectivity index (χ2v) is 15.5. The molecule has 0 aliphatic heterocycles. The third-order valence-electron chi connectivity index (χ3n) is 11.1. The van der Waals surface area contributed by atoms with Crippen molar-refractivity contribution in [1.82, 2.24) is 4.98 Å². The predicted molar refractivity (Wildman–Crippen MR) is 217 cm³/mol. The Kier molecular flexibility index (Phi) is 18.1. The lowest BCUT2D eigenvalue weighted by Gasteiger charge is -2.29. The molecule has 3 N–H and O–H groups in total. The second kappa shape index (κ2) is 22.9. The quantitative estimate of drug-likeness (QED) is 0.0873. The molecule has 0 spiro atoms. The zero-order valence-electron chi connectivity index (χ0n) is 34.2. The van der Waals surface area contributed by atoms with Crippen molar-refractivity contribution in [3.8, 4) is 5.75 Å². The van der Waals surface area contributed by atoms with Gasteiger partial charge in [-0.2, -0.15) is 0 Å². The number of amides is 2. The molecule has 0 saturated heterocycles. The summed E-state index contributed by atoms with van der Waals surface area (Å²) in [6.07, 6.45) is 11.8. The van der Waals surface area contributed by atoms with Crippen LogP contribution < -0.4 is 20.7 Å². The van der Waals surface area contributed by atoms with E-state index >= 15 is 0 Å². The molecule has 1 aromatic heterocycles. The molecule has 2 aliphatic carbocycles. The van der Waals surface area contributed by atoms with Crippen molar-refractivity contribution in [2.24, 2.45) is 23.7 Å². The Morgan fingerprint density at radius 1 is 0.679 bits per heavy atom. The van der Waals surface area contributed by atoms with Gasteiger partial charge in [0.05, 0.1) is 11.8 Å². The summed E-state index contributed by atoms with van der Waals surface area (Å²) >= 11 is 0. The monoisotopic (exact) mass is 776 g/mol. The highest BCUT2D eigenvalue weighted by molar-refractivity contribution is 5.95. The van der Waals surface area contributed by atoms with E-state index in [0.717, 1.165) is 56.9 Å². The Balaban J connectivity index is 1.38. The predicted octanol–water partition coefficient (Wildman–Crippen LogP) is 9.13. The molecule has 12 nitrogen and oxygen atoms in total. The number of nitrogens with zero attached hydrogens (tertiary/aromatic N) is 1. The third-order valence-corrected chi connectivity index (χ3v) is 11.1. The van der Waals surface area contributed by atoms with Gasteiger partial charge in [0, 0.05) is 43.1 Å². The summed E-state index contributed by atoms with van der Waals surface area (Å²) in [6.45, 7) is 10.0. The van der Waals surface area contributed by atoms with Crippen molar-refractivity contribution in [2.75, 3.05) is 16.0 Å². The molecule has 4 rings (SSSR count). The van der Waals surface area contributed by atoms with E-state index in [-0.39, 0.29) is 59.6 Å². The first-order chi connectivity index (χ1) is 27.0. The molecule has 2 aromatic rings. The number of hydrogen-bond donors (Lipinski definition) is 3. The second-order valence-electron chi connectivity index (χ2n) is 15.5. The maximum absolute atomic E-state index is 13.6. The molecule has 2 aliphatic rings. The minimum absolute atomic E-state index is 0.0752. The maximum Gasteiger partial charge on any atom is 0.309 e. The first kappa shape index (κ1) is 44.2. The summed E-state index contributed by atoms with van der Waals surface area (Å²) in [7, 11) is 0. The number of rotatable bonds is 20. The fourth-order valence-corrected chi connectivity index (χ4v) is 7.55. The highest BCUT2D eigenvalue weighted by atomic mass is 16.5. The molecule has 1 heterocycles. The van der Waals surface area contributed by atoms with Crippen LogP contribution in [0.4, 0.5) is 17.3 Å². The molecule has 56 heavy (non-hydrogen) atoms.